The van der Waals surface area contributed by atoms with E-state index in [0.717, 1.165) is 50.2 Å². The average molecular weight is 362 g/mol. The van der Waals surface area contributed by atoms with E-state index in [4.69, 9.17) is 0 Å². The molecule has 27 heavy (non-hydrogen) atoms. The first-order chi connectivity index (χ1) is 13.2. The van der Waals surface area contributed by atoms with Crippen LogP contribution >= 0.6 is 0 Å². The Kier molecular flexibility index (Phi) is 4.05. The Balaban J connectivity index is 1.24. The van der Waals surface area contributed by atoms with Crippen molar-refractivity contribution in [3.63, 3.8) is 0 Å². The van der Waals surface area contributed by atoms with E-state index in [9.17, 15) is 0 Å². The Labute approximate surface area is 157 Å². The quantitative estimate of drug-likeness (QED) is 0.693. The first-order valence-corrected chi connectivity index (χ1v) is 9.31. The Morgan fingerprint density at radius 2 is 1.70 bits per heavy atom. The minimum Gasteiger partial charge on any atom is -0.356 e. The molecule has 2 unspecified atom stereocenters. The minimum atomic E-state index is 0.680. The molecule has 0 spiro atoms. The summed E-state index contributed by atoms with van der Waals surface area (Å²) in [5.74, 6) is 3.98. The van der Waals surface area contributed by atoms with Crippen LogP contribution in [0.15, 0.2) is 43.2 Å². The van der Waals surface area contributed by atoms with E-state index in [1.807, 2.05) is 37.6 Å². The average Bonchev–Trinajstić information content (AvgIpc) is 3.40. The lowest BCUT2D eigenvalue weighted by Crippen LogP contribution is -2.29. The molecular formula is C19H22N8. The van der Waals surface area contributed by atoms with Crippen molar-refractivity contribution in [2.75, 3.05) is 31.1 Å². The highest BCUT2D eigenvalue weighted by Gasteiger charge is 2.40. The molecule has 2 aliphatic heterocycles. The van der Waals surface area contributed by atoms with Crippen LogP contribution in [-0.4, -0.2) is 60.8 Å². The number of rotatable bonds is 4. The predicted octanol–water partition coefficient (Wildman–Crippen LogP) is 1.33. The maximum Gasteiger partial charge on any atom is 0.158 e. The molecular weight excluding hydrogens is 340 g/mol. The van der Waals surface area contributed by atoms with E-state index in [1.165, 1.54) is 5.56 Å². The highest BCUT2D eigenvalue weighted by atomic mass is 15.3. The van der Waals surface area contributed by atoms with Crippen LogP contribution < -0.4 is 4.90 Å². The largest absolute Gasteiger partial charge is 0.356 e. The summed E-state index contributed by atoms with van der Waals surface area (Å²) in [6.45, 7) is 7.17. The molecule has 0 aliphatic carbocycles. The highest BCUT2D eigenvalue weighted by Crippen LogP contribution is 2.34. The smallest absolute Gasteiger partial charge is 0.158 e. The van der Waals surface area contributed by atoms with Crippen LogP contribution in [0.5, 0.6) is 0 Å². The van der Waals surface area contributed by atoms with Gasteiger partial charge in [0.2, 0.25) is 0 Å². The van der Waals surface area contributed by atoms with E-state index < -0.39 is 0 Å². The molecule has 2 atom stereocenters. The molecule has 8 heteroatoms. The summed E-state index contributed by atoms with van der Waals surface area (Å²) in [4.78, 5) is 22.4. The molecule has 0 saturated carbocycles. The Hall–Kier alpha value is -2.87. The standard InChI is InChI=1S/C19H22N8/c1-14-20-6-15(7-21-14)8-25-9-16-11-26(12-17(16)10-25)18-5-19(23-13-22-18)27-4-2-3-24-27/h2-7,13,16-17H,8-12H2,1H3. The molecule has 5 heterocycles. The molecule has 2 aliphatic rings. The molecule has 2 fully saturated rings. The van der Waals surface area contributed by atoms with Gasteiger partial charge < -0.3 is 4.90 Å². The van der Waals surface area contributed by atoms with E-state index in [2.05, 4.69) is 34.8 Å². The number of hydrogen-bond acceptors (Lipinski definition) is 7. The number of nitrogens with zero attached hydrogens (tertiary/aromatic N) is 8. The second-order valence-electron chi connectivity index (χ2n) is 7.44. The van der Waals surface area contributed by atoms with E-state index in [-0.39, 0.29) is 0 Å². The van der Waals surface area contributed by atoms with Crippen LogP contribution in [0.25, 0.3) is 5.82 Å². The lowest BCUT2D eigenvalue weighted by atomic mass is 10.0. The van der Waals surface area contributed by atoms with Crippen molar-refractivity contribution in [3.05, 3.63) is 54.6 Å². The second kappa shape index (κ2) is 6.70. The van der Waals surface area contributed by atoms with Crippen molar-refractivity contribution in [1.29, 1.82) is 0 Å². The normalized spacial score (nSPS) is 22.3. The number of aryl methyl sites for hydroxylation is 1. The van der Waals surface area contributed by atoms with Crippen LogP contribution in [0.3, 0.4) is 0 Å². The summed E-state index contributed by atoms with van der Waals surface area (Å²) in [6.07, 6.45) is 9.18. The molecule has 0 radical (unpaired) electrons. The number of likely N-dealkylation sites (tertiary alicyclic amines) is 1. The van der Waals surface area contributed by atoms with Gasteiger partial charge in [-0.1, -0.05) is 0 Å². The highest BCUT2D eigenvalue weighted by molar-refractivity contribution is 5.44. The molecule has 0 amide bonds. The van der Waals surface area contributed by atoms with Crippen molar-refractivity contribution in [2.24, 2.45) is 11.8 Å². The van der Waals surface area contributed by atoms with Gasteiger partial charge in [-0.15, -0.1) is 0 Å². The van der Waals surface area contributed by atoms with Crippen LogP contribution in [0.4, 0.5) is 5.82 Å². The van der Waals surface area contributed by atoms with Gasteiger partial charge in [-0.3, -0.25) is 4.90 Å². The van der Waals surface area contributed by atoms with Crippen molar-refractivity contribution < 1.29 is 0 Å². The Morgan fingerprint density at radius 1 is 0.963 bits per heavy atom. The van der Waals surface area contributed by atoms with Gasteiger partial charge in [0.25, 0.3) is 0 Å². The first-order valence-electron chi connectivity index (χ1n) is 9.31. The second-order valence-corrected chi connectivity index (χ2v) is 7.44. The van der Waals surface area contributed by atoms with Gasteiger partial charge in [-0.05, 0) is 24.8 Å². The van der Waals surface area contributed by atoms with Crippen molar-refractivity contribution in [1.82, 2.24) is 34.6 Å². The number of anilines is 1. The monoisotopic (exact) mass is 362 g/mol. The van der Waals surface area contributed by atoms with Gasteiger partial charge in [-0.25, -0.2) is 24.6 Å². The lowest BCUT2D eigenvalue weighted by molar-refractivity contribution is 0.308. The molecule has 3 aromatic heterocycles. The van der Waals surface area contributed by atoms with Gasteiger partial charge >= 0.3 is 0 Å². The van der Waals surface area contributed by atoms with Crippen LogP contribution in [0.1, 0.15) is 11.4 Å². The molecule has 2 saturated heterocycles. The Bertz CT molecular complexity index is 894. The third-order valence-corrected chi connectivity index (χ3v) is 5.50. The molecule has 0 N–H and O–H groups in total. The van der Waals surface area contributed by atoms with E-state index >= 15 is 0 Å². The number of fused-ring (bicyclic) bond motifs is 1. The number of aromatic nitrogens is 6. The first kappa shape index (κ1) is 16.3. The fourth-order valence-electron chi connectivity index (χ4n) is 4.21. The van der Waals surface area contributed by atoms with Crippen molar-refractivity contribution in [2.45, 2.75) is 13.5 Å². The van der Waals surface area contributed by atoms with Crippen LogP contribution in [0, 0.1) is 18.8 Å². The fourth-order valence-corrected chi connectivity index (χ4v) is 4.21. The van der Waals surface area contributed by atoms with Gasteiger partial charge in [0.15, 0.2) is 5.82 Å². The topological polar surface area (TPSA) is 75.9 Å². The summed E-state index contributed by atoms with van der Waals surface area (Å²) in [6, 6.07) is 3.92. The molecule has 0 aromatic carbocycles. The zero-order valence-electron chi connectivity index (χ0n) is 15.3. The third-order valence-electron chi connectivity index (χ3n) is 5.50. The summed E-state index contributed by atoms with van der Waals surface area (Å²) < 4.78 is 1.77. The lowest BCUT2D eigenvalue weighted by Gasteiger charge is -2.22. The SMILES string of the molecule is Cc1ncc(CN2CC3CN(c4cc(-n5cccn5)ncn4)CC3C2)cn1. The van der Waals surface area contributed by atoms with Crippen molar-refractivity contribution >= 4 is 5.82 Å². The van der Waals surface area contributed by atoms with E-state index in [1.54, 1.807) is 17.2 Å². The molecule has 138 valence electrons. The van der Waals surface area contributed by atoms with E-state index in [0.29, 0.717) is 11.8 Å². The molecule has 0 bridgehead atoms. The fraction of sp³-hybridized carbons (Fsp3) is 0.421. The zero-order chi connectivity index (χ0) is 18.2. The van der Waals surface area contributed by atoms with Crippen molar-refractivity contribution in [3.8, 4) is 5.82 Å². The summed E-state index contributed by atoms with van der Waals surface area (Å²) in [5.41, 5.74) is 1.19. The van der Waals surface area contributed by atoms with Gasteiger partial charge in [0.1, 0.15) is 18.0 Å². The van der Waals surface area contributed by atoms with Crippen LogP contribution in [-0.2, 0) is 6.54 Å². The van der Waals surface area contributed by atoms with Crippen LogP contribution in [0.2, 0.25) is 0 Å². The minimum absolute atomic E-state index is 0.680. The maximum absolute atomic E-state index is 4.50. The summed E-state index contributed by atoms with van der Waals surface area (Å²) in [7, 11) is 0. The molecule has 5 rings (SSSR count). The predicted molar refractivity (Wildman–Crippen MR) is 100 cm³/mol. The van der Waals surface area contributed by atoms with Gasteiger partial charge in [0, 0.05) is 69.1 Å². The molecule has 3 aromatic rings. The summed E-state index contributed by atoms with van der Waals surface area (Å²) >= 11 is 0. The number of hydrogen-bond donors (Lipinski definition) is 0. The zero-order valence-corrected chi connectivity index (χ0v) is 15.3. The maximum atomic E-state index is 4.50. The summed E-state index contributed by atoms with van der Waals surface area (Å²) in [5, 5.41) is 4.26. The molecule has 8 nitrogen and oxygen atoms in total. The Morgan fingerprint density at radius 3 is 2.41 bits per heavy atom. The van der Waals surface area contributed by atoms with Gasteiger partial charge in [-0.2, -0.15) is 5.10 Å². The third kappa shape index (κ3) is 3.28. The van der Waals surface area contributed by atoms with Gasteiger partial charge in [0.05, 0.1) is 0 Å².